The van der Waals surface area contributed by atoms with Gasteiger partial charge in [-0.15, -0.1) is 0 Å². The molecule has 0 heterocycles. The van der Waals surface area contributed by atoms with E-state index in [0.29, 0.717) is 22.7 Å². The van der Waals surface area contributed by atoms with Gasteiger partial charge in [0.25, 0.3) is 0 Å². The van der Waals surface area contributed by atoms with E-state index < -0.39 is 0 Å². The Morgan fingerprint density at radius 2 is 0.920 bits per heavy atom. The van der Waals surface area contributed by atoms with Crippen molar-refractivity contribution in [1.29, 1.82) is 0 Å². The molecule has 0 aromatic heterocycles. The van der Waals surface area contributed by atoms with Crippen molar-refractivity contribution in [2.24, 2.45) is 0 Å². The molecule has 25 heavy (non-hydrogen) atoms. The molecule has 0 aliphatic heterocycles. The van der Waals surface area contributed by atoms with Gasteiger partial charge in [0.05, 0.1) is 0 Å². The van der Waals surface area contributed by atoms with Crippen molar-refractivity contribution in [2.75, 3.05) is 0 Å². The van der Waals surface area contributed by atoms with Gasteiger partial charge in [0.2, 0.25) is 0 Å². The maximum atomic E-state index is 2.27. The van der Waals surface area contributed by atoms with Crippen LogP contribution in [0.5, 0.6) is 0 Å². The fourth-order valence-electron chi connectivity index (χ4n) is 3.24. The van der Waals surface area contributed by atoms with Crippen molar-refractivity contribution in [3.63, 3.8) is 0 Å². The Balaban J connectivity index is 0.000000443. The molecular weight excluding hydrogens is 313 g/mol. The van der Waals surface area contributed by atoms with E-state index in [-0.39, 0.29) is 23.1 Å². The third-order valence-electron chi connectivity index (χ3n) is 4.56. The minimum absolute atomic E-state index is 0. The topological polar surface area (TPSA) is 0 Å². The van der Waals surface area contributed by atoms with Gasteiger partial charge in [-0.1, -0.05) is 81.1 Å². The van der Waals surface area contributed by atoms with Gasteiger partial charge in [-0.25, -0.2) is 24.3 Å². The summed E-state index contributed by atoms with van der Waals surface area (Å²) in [5.41, 5.74) is 6.59. The van der Waals surface area contributed by atoms with E-state index in [9.17, 15) is 0 Å². The number of hydrogen-bond donors (Lipinski definition) is 0. The van der Waals surface area contributed by atoms with Crippen LogP contribution in [0.4, 0.5) is 0 Å². The second-order valence-electron chi connectivity index (χ2n) is 9.60. The minimum atomic E-state index is 0. The predicted octanol–water partition coefficient (Wildman–Crippen LogP) is 7.27. The predicted molar refractivity (Wildman–Crippen MR) is 115 cm³/mol. The van der Waals surface area contributed by atoms with Gasteiger partial charge in [0.15, 0.2) is 0 Å². The molecule has 136 valence electrons. The zero-order chi connectivity index (χ0) is 18.7. The van der Waals surface area contributed by atoms with Crippen molar-refractivity contribution in [1.82, 2.24) is 0 Å². The largest absolute Gasteiger partial charge is 2.00 e. The van der Waals surface area contributed by atoms with E-state index in [2.05, 4.69) is 106 Å². The molecule has 0 fully saturated rings. The molecule has 0 spiro atoms. The SMILES string of the molecule is CC(C)[c-]1cccc1C(C)(C)C.CC(C)[c-]1cccc1C(C)(C)C.[Mg+2]. The van der Waals surface area contributed by atoms with Gasteiger partial charge >= 0.3 is 23.1 Å². The first kappa shape index (κ1) is 24.5. The van der Waals surface area contributed by atoms with Crippen LogP contribution < -0.4 is 0 Å². The molecule has 2 aromatic rings. The normalized spacial score (nSPS) is 12.0. The molecule has 0 saturated heterocycles. The van der Waals surface area contributed by atoms with Crippen LogP contribution in [0, 0.1) is 0 Å². The quantitative estimate of drug-likeness (QED) is 0.394. The first-order valence-electron chi connectivity index (χ1n) is 9.37. The Morgan fingerprint density at radius 3 is 1.08 bits per heavy atom. The maximum absolute atomic E-state index is 2.27. The molecule has 0 amide bonds. The van der Waals surface area contributed by atoms with E-state index in [4.69, 9.17) is 0 Å². The van der Waals surface area contributed by atoms with Crippen LogP contribution in [0.15, 0.2) is 36.4 Å². The third kappa shape index (κ3) is 6.94. The van der Waals surface area contributed by atoms with E-state index in [1.165, 1.54) is 22.3 Å². The van der Waals surface area contributed by atoms with E-state index in [1.807, 2.05) is 0 Å². The van der Waals surface area contributed by atoms with Gasteiger partial charge in [0.1, 0.15) is 0 Å². The molecule has 0 N–H and O–H groups in total. The monoisotopic (exact) mass is 350 g/mol. The summed E-state index contributed by atoms with van der Waals surface area (Å²) in [5.74, 6) is 1.29. The summed E-state index contributed by atoms with van der Waals surface area (Å²) in [7, 11) is 0. The number of rotatable bonds is 2. The summed E-state index contributed by atoms with van der Waals surface area (Å²) >= 11 is 0. The Bertz CT molecular complexity index is 553. The van der Waals surface area contributed by atoms with Gasteiger partial charge in [-0.3, -0.25) is 0 Å². The van der Waals surface area contributed by atoms with Gasteiger partial charge in [-0.2, -0.15) is 34.4 Å². The van der Waals surface area contributed by atoms with E-state index in [0.717, 1.165) is 0 Å². The Morgan fingerprint density at radius 1 is 0.640 bits per heavy atom. The summed E-state index contributed by atoms with van der Waals surface area (Å²) in [6, 6.07) is 13.3. The van der Waals surface area contributed by atoms with Crippen molar-refractivity contribution in [3.05, 3.63) is 58.7 Å². The molecule has 1 heteroatoms. The zero-order valence-corrected chi connectivity index (χ0v) is 19.7. The molecule has 0 atom stereocenters. The van der Waals surface area contributed by atoms with Crippen LogP contribution in [0.2, 0.25) is 0 Å². The van der Waals surface area contributed by atoms with Gasteiger partial charge in [0, 0.05) is 0 Å². The van der Waals surface area contributed by atoms with Crippen molar-refractivity contribution < 1.29 is 0 Å². The first-order chi connectivity index (χ1) is 10.9. The van der Waals surface area contributed by atoms with Crippen LogP contribution in [0.1, 0.15) is 103 Å². The minimum Gasteiger partial charge on any atom is -0.213 e. The Hall–Kier alpha value is -0.534. The number of hydrogen-bond acceptors (Lipinski definition) is 0. The fourth-order valence-corrected chi connectivity index (χ4v) is 3.24. The van der Waals surface area contributed by atoms with Crippen LogP contribution in [-0.2, 0) is 10.8 Å². The summed E-state index contributed by atoms with van der Waals surface area (Å²) < 4.78 is 0. The molecule has 2 rings (SSSR count). The summed E-state index contributed by atoms with van der Waals surface area (Å²) in [4.78, 5) is 0. The Kier molecular flexibility index (Phi) is 9.22. The molecule has 0 aliphatic carbocycles. The summed E-state index contributed by atoms with van der Waals surface area (Å²) in [6.45, 7) is 22.7. The molecular formula is C24H38Mg. The molecule has 0 radical (unpaired) electrons. The first-order valence-corrected chi connectivity index (χ1v) is 9.37. The van der Waals surface area contributed by atoms with Crippen LogP contribution in [-0.4, -0.2) is 23.1 Å². The van der Waals surface area contributed by atoms with E-state index >= 15 is 0 Å². The molecule has 0 aliphatic rings. The summed E-state index contributed by atoms with van der Waals surface area (Å²) in [6.07, 6.45) is 0. The standard InChI is InChI=1S/2C12H19.Mg/c2*1-9(2)10-7-6-8-11(10)12(3,4)5;/h2*6-9H,1-5H3;/q2*-1;+2. The molecule has 0 nitrogen and oxygen atoms in total. The maximum Gasteiger partial charge on any atom is 2.00 e. The zero-order valence-electron chi connectivity index (χ0n) is 18.3. The van der Waals surface area contributed by atoms with Crippen molar-refractivity contribution in [3.8, 4) is 0 Å². The Labute approximate surface area is 173 Å². The summed E-state index contributed by atoms with van der Waals surface area (Å²) in [5, 5.41) is 0. The van der Waals surface area contributed by atoms with Gasteiger partial charge in [-0.05, 0) is 10.8 Å². The smallest absolute Gasteiger partial charge is 0.213 e. The molecule has 2 aromatic carbocycles. The molecule has 0 unspecified atom stereocenters. The second-order valence-corrected chi connectivity index (χ2v) is 9.60. The van der Waals surface area contributed by atoms with Gasteiger partial charge < -0.3 is 0 Å². The van der Waals surface area contributed by atoms with Crippen molar-refractivity contribution in [2.45, 2.75) is 91.9 Å². The molecule has 0 bridgehead atoms. The van der Waals surface area contributed by atoms with Crippen LogP contribution >= 0.6 is 0 Å². The van der Waals surface area contributed by atoms with Crippen LogP contribution in [0.25, 0.3) is 0 Å². The van der Waals surface area contributed by atoms with E-state index in [1.54, 1.807) is 0 Å². The van der Waals surface area contributed by atoms with Crippen LogP contribution in [0.3, 0.4) is 0 Å². The third-order valence-corrected chi connectivity index (χ3v) is 4.56. The second kappa shape index (κ2) is 9.42. The fraction of sp³-hybridized carbons (Fsp3) is 0.583. The average molecular weight is 351 g/mol. The molecule has 0 saturated carbocycles. The average Bonchev–Trinajstić information content (AvgIpc) is 3.07. The van der Waals surface area contributed by atoms with Crippen molar-refractivity contribution >= 4 is 23.1 Å².